The van der Waals surface area contributed by atoms with E-state index < -0.39 is 29.2 Å². The van der Waals surface area contributed by atoms with Crippen LogP contribution in [0.2, 0.25) is 0 Å². The number of pyridine rings is 1. The van der Waals surface area contributed by atoms with E-state index in [2.05, 4.69) is 15.6 Å². The molecule has 0 atom stereocenters. The van der Waals surface area contributed by atoms with Gasteiger partial charge in [-0.1, -0.05) is 0 Å². The molecular weight excluding hydrogens is 350 g/mol. The van der Waals surface area contributed by atoms with Gasteiger partial charge in [-0.3, -0.25) is 4.79 Å². The maximum absolute atomic E-state index is 13.2. The smallest absolute Gasteiger partial charge is 0.255 e. The first-order valence-electron chi connectivity index (χ1n) is 7.37. The van der Waals surface area contributed by atoms with Gasteiger partial charge in [0, 0.05) is 35.3 Å². The fourth-order valence-corrected chi connectivity index (χ4v) is 2.14. The normalized spacial score (nSPS) is 10.5. The number of amides is 1. The highest BCUT2D eigenvalue weighted by molar-refractivity contribution is 6.04. The van der Waals surface area contributed by atoms with E-state index in [0.29, 0.717) is 0 Å². The van der Waals surface area contributed by atoms with Crippen LogP contribution in [0.3, 0.4) is 0 Å². The zero-order valence-electron chi connectivity index (χ0n) is 13.1. The van der Waals surface area contributed by atoms with Crippen molar-refractivity contribution in [1.29, 1.82) is 0 Å². The van der Waals surface area contributed by atoms with Crippen molar-refractivity contribution < 1.29 is 22.4 Å². The van der Waals surface area contributed by atoms with Gasteiger partial charge in [0.25, 0.3) is 5.91 Å². The lowest BCUT2D eigenvalue weighted by atomic mass is 10.2. The van der Waals surface area contributed by atoms with Crippen molar-refractivity contribution in [3.8, 4) is 0 Å². The molecule has 3 rings (SSSR count). The summed E-state index contributed by atoms with van der Waals surface area (Å²) in [6.07, 6.45) is 1.34. The quantitative estimate of drug-likeness (QED) is 0.666. The lowest BCUT2D eigenvalue weighted by molar-refractivity contribution is 0.102. The van der Waals surface area contributed by atoms with Crippen LogP contribution in [0.15, 0.2) is 54.7 Å². The molecule has 0 fully saturated rings. The van der Waals surface area contributed by atoms with Crippen LogP contribution in [0.5, 0.6) is 0 Å². The van der Waals surface area contributed by atoms with Gasteiger partial charge >= 0.3 is 0 Å². The molecule has 132 valence electrons. The highest BCUT2D eigenvalue weighted by Crippen LogP contribution is 2.19. The molecule has 0 bridgehead atoms. The Kier molecular flexibility index (Phi) is 4.83. The molecule has 4 nitrogen and oxygen atoms in total. The molecule has 0 aliphatic carbocycles. The maximum atomic E-state index is 13.2. The molecule has 8 heteroatoms. The zero-order chi connectivity index (χ0) is 18.7. The topological polar surface area (TPSA) is 54.0 Å². The summed E-state index contributed by atoms with van der Waals surface area (Å²) in [6, 6.07) is 8.97. The first-order valence-corrected chi connectivity index (χ1v) is 7.37. The first-order chi connectivity index (χ1) is 12.4. The number of rotatable bonds is 4. The molecule has 1 aromatic heterocycles. The molecular formula is C18H11F4N3O. The minimum Gasteiger partial charge on any atom is -0.340 e. The Labute approximate surface area is 145 Å². The van der Waals surface area contributed by atoms with E-state index in [0.717, 1.165) is 24.3 Å². The summed E-state index contributed by atoms with van der Waals surface area (Å²) in [5.41, 5.74) is 0.505. The standard InChI is InChI=1S/C18H11F4N3O/c19-13-3-1-11(8-15(13)21)24-17-7-10(5-6-23-17)18(26)25-12-2-4-14(20)16(22)9-12/h1-9H,(H,23,24)(H,25,26). The maximum Gasteiger partial charge on any atom is 0.255 e. The second-order valence-electron chi connectivity index (χ2n) is 5.27. The summed E-state index contributed by atoms with van der Waals surface area (Å²) in [5.74, 6) is -4.48. The van der Waals surface area contributed by atoms with Crippen molar-refractivity contribution in [2.24, 2.45) is 0 Å². The summed E-state index contributed by atoms with van der Waals surface area (Å²) < 4.78 is 52.3. The third-order valence-corrected chi connectivity index (χ3v) is 3.39. The molecule has 0 aliphatic heterocycles. The van der Waals surface area contributed by atoms with Crippen molar-refractivity contribution in [1.82, 2.24) is 4.98 Å². The number of carbonyl (C=O) groups is 1. The van der Waals surface area contributed by atoms with Crippen LogP contribution >= 0.6 is 0 Å². The molecule has 0 saturated heterocycles. The fraction of sp³-hybridized carbons (Fsp3) is 0. The first kappa shape index (κ1) is 17.4. The predicted molar refractivity (Wildman–Crippen MR) is 88.2 cm³/mol. The van der Waals surface area contributed by atoms with E-state index in [1.807, 2.05) is 0 Å². The van der Waals surface area contributed by atoms with E-state index in [-0.39, 0.29) is 22.8 Å². The van der Waals surface area contributed by atoms with E-state index in [4.69, 9.17) is 0 Å². The van der Waals surface area contributed by atoms with Gasteiger partial charge in [0.05, 0.1) is 0 Å². The van der Waals surface area contributed by atoms with Crippen molar-refractivity contribution in [2.45, 2.75) is 0 Å². The molecule has 3 aromatic rings. The molecule has 2 aromatic carbocycles. The van der Waals surface area contributed by atoms with Crippen LogP contribution in [0.4, 0.5) is 34.8 Å². The van der Waals surface area contributed by atoms with Gasteiger partial charge in [-0.25, -0.2) is 22.5 Å². The molecule has 26 heavy (non-hydrogen) atoms. The Balaban J connectivity index is 1.76. The lowest BCUT2D eigenvalue weighted by Gasteiger charge is -2.09. The monoisotopic (exact) mass is 361 g/mol. The Morgan fingerprint density at radius 2 is 1.38 bits per heavy atom. The number of anilines is 3. The molecule has 1 heterocycles. The van der Waals surface area contributed by atoms with Crippen LogP contribution in [0, 0.1) is 23.3 Å². The minimum absolute atomic E-state index is 0.0841. The summed E-state index contributed by atoms with van der Waals surface area (Å²) >= 11 is 0. The minimum atomic E-state index is -1.08. The molecule has 0 unspecified atom stereocenters. The van der Waals surface area contributed by atoms with Gasteiger partial charge in [0.2, 0.25) is 0 Å². The van der Waals surface area contributed by atoms with Crippen LogP contribution < -0.4 is 10.6 Å². The SMILES string of the molecule is O=C(Nc1ccc(F)c(F)c1)c1ccnc(Nc2ccc(F)c(F)c2)c1. The second kappa shape index (κ2) is 7.22. The molecule has 0 aliphatic rings. The summed E-state index contributed by atoms with van der Waals surface area (Å²) in [5, 5.41) is 5.16. The molecule has 0 spiro atoms. The summed E-state index contributed by atoms with van der Waals surface area (Å²) in [7, 11) is 0. The third kappa shape index (κ3) is 3.97. The van der Waals surface area contributed by atoms with Gasteiger partial charge < -0.3 is 10.6 Å². The predicted octanol–water partition coefficient (Wildman–Crippen LogP) is 4.63. The van der Waals surface area contributed by atoms with Crippen LogP contribution in [0.1, 0.15) is 10.4 Å². The Hall–Kier alpha value is -3.42. The van der Waals surface area contributed by atoms with E-state index in [1.54, 1.807) is 0 Å². The van der Waals surface area contributed by atoms with E-state index in [1.165, 1.54) is 30.5 Å². The van der Waals surface area contributed by atoms with Crippen molar-refractivity contribution in [3.63, 3.8) is 0 Å². The van der Waals surface area contributed by atoms with Gasteiger partial charge in [-0.15, -0.1) is 0 Å². The summed E-state index contributed by atoms with van der Waals surface area (Å²) in [4.78, 5) is 16.2. The number of nitrogens with zero attached hydrogens (tertiary/aromatic N) is 1. The van der Waals surface area contributed by atoms with E-state index in [9.17, 15) is 22.4 Å². The number of halogens is 4. The fourth-order valence-electron chi connectivity index (χ4n) is 2.14. The van der Waals surface area contributed by atoms with Gasteiger partial charge in [-0.05, 0) is 36.4 Å². The van der Waals surface area contributed by atoms with Crippen molar-refractivity contribution in [2.75, 3.05) is 10.6 Å². The van der Waals surface area contributed by atoms with Crippen molar-refractivity contribution >= 4 is 23.1 Å². The highest BCUT2D eigenvalue weighted by atomic mass is 19.2. The average molecular weight is 361 g/mol. The number of benzene rings is 2. The number of hydrogen-bond acceptors (Lipinski definition) is 3. The zero-order valence-corrected chi connectivity index (χ0v) is 13.1. The summed E-state index contributed by atoms with van der Waals surface area (Å²) in [6.45, 7) is 0. The largest absolute Gasteiger partial charge is 0.340 e. The lowest BCUT2D eigenvalue weighted by Crippen LogP contribution is -2.12. The molecule has 0 radical (unpaired) electrons. The van der Waals surface area contributed by atoms with Crippen molar-refractivity contribution in [3.05, 3.63) is 83.6 Å². The average Bonchev–Trinajstić information content (AvgIpc) is 2.61. The van der Waals surface area contributed by atoms with Crippen LogP contribution in [-0.4, -0.2) is 10.9 Å². The molecule has 2 N–H and O–H groups in total. The van der Waals surface area contributed by atoms with Gasteiger partial charge in [0.1, 0.15) is 5.82 Å². The highest BCUT2D eigenvalue weighted by Gasteiger charge is 2.10. The molecule has 0 saturated carbocycles. The van der Waals surface area contributed by atoms with Gasteiger partial charge in [0.15, 0.2) is 23.3 Å². The van der Waals surface area contributed by atoms with Crippen LogP contribution in [-0.2, 0) is 0 Å². The Morgan fingerprint density at radius 1 is 0.769 bits per heavy atom. The molecule has 1 amide bonds. The number of carbonyl (C=O) groups excluding carboxylic acids is 1. The third-order valence-electron chi connectivity index (χ3n) is 3.39. The Morgan fingerprint density at radius 3 is 2.04 bits per heavy atom. The van der Waals surface area contributed by atoms with E-state index >= 15 is 0 Å². The Bertz CT molecular complexity index is 978. The number of nitrogens with one attached hydrogen (secondary N) is 2. The number of aromatic nitrogens is 1. The second-order valence-corrected chi connectivity index (χ2v) is 5.27. The van der Waals surface area contributed by atoms with Gasteiger partial charge in [-0.2, -0.15) is 0 Å². The van der Waals surface area contributed by atoms with Crippen LogP contribution in [0.25, 0.3) is 0 Å². The number of hydrogen-bond donors (Lipinski definition) is 2.